The van der Waals surface area contributed by atoms with Gasteiger partial charge in [-0.2, -0.15) is 0 Å². The predicted molar refractivity (Wildman–Crippen MR) is 78.0 cm³/mol. The largest absolute Gasteiger partial charge is 0.506 e. The number of hydrogen-bond donors (Lipinski definition) is 3. The van der Waals surface area contributed by atoms with E-state index in [-0.39, 0.29) is 23.2 Å². The van der Waals surface area contributed by atoms with E-state index in [0.29, 0.717) is 24.3 Å². The molecule has 1 aromatic rings. The minimum absolute atomic E-state index is 0.0527. The fourth-order valence-corrected chi connectivity index (χ4v) is 2.65. The van der Waals surface area contributed by atoms with Crippen LogP contribution in [0.5, 0.6) is 5.75 Å². The van der Waals surface area contributed by atoms with Gasteiger partial charge < -0.3 is 15.5 Å². The van der Waals surface area contributed by atoms with Gasteiger partial charge in [0.1, 0.15) is 5.75 Å². The summed E-state index contributed by atoms with van der Waals surface area (Å²) in [6.07, 6.45) is 3.39. The van der Waals surface area contributed by atoms with Crippen LogP contribution < -0.4 is 5.32 Å². The van der Waals surface area contributed by atoms with Crippen LogP contribution in [0.25, 0.3) is 0 Å². The van der Waals surface area contributed by atoms with Crippen LogP contribution >= 0.6 is 11.6 Å². The fraction of sp³-hybridized carbons (Fsp3) is 0.533. The number of phenols is 1. The van der Waals surface area contributed by atoms with Crippen molar-refractivity contribution in [1.82, 2.24) is 5.32 Å². The summed E-state index contributed by atoms with van der Waals surface area (Å²) in [6.45, 7) is 2.42. The van der Waals surface area contributed by atoms with Crippen LogP contribution in [-0.2, 0) is 0 Å². The number of rotatable bonds is 3. The minimum Gasteiger partial charge on any atom is -0.506 e. The minimum atomic E-state index is -0.803. The van der Waals surface area contributed by atoms with Gasteiger partial charge >= 0.3 is 0 Å². The molecule has 0 radical (unpaired) electrons. The zero-order valence-corrected chi connectivity index (χ0v) is 12.3. The first-order chi connectivity index (χ1) is 9.39. The van der Waals surface area contributed by atoms with E-state index in [9.17, 15) is 15.0 Å². The smallest absolute Gasteiger partial charge is 0.251 e. The molecule has 0 heterocycles. The maximum atomic E-state index is 12.0. The highest BCUT2D eigenvalue weighted by molar-refractivity contribution is 6.32. The number of carbonyl (C=O) groups excluding carboxylic acids is 1. The second-order valence-electron chi connectivity index (χ2n) is 5.76. The number of aliphatic hydroxyl groups is 1. The van der Waals surface area contributed by atoms with Gasteiger partial charge in [0.15, 0.2) is 0 Å². The Kier molecular flexibility index (Phi) is 4.55. The van der Waals surface area contributed by atoms with Gasteiger partial charge in [-0.1, -0.05) is 18.5 Å². The first-order valence-electron chi connectivity index (χ1n) is 6.89. The standard InChI is InChI=1S/C15H20ClNO3/c1-10-4-6-15(20,7-5-10)9-17-14(19)11-2-3-13(18)12(16)8-11/h2-3,8,10,18,20H,4-7,9H2,1H3,(H,17,19). The van der Waals surface area contributed by atoms with Gasteiger partial charge in [0.2, 0.25) is 0 Å². The van der Waals surface area contributed by atoms with Gasteiger partial charge in [0.25, 0.3) is 5.91 Å². The molecular weight excluding hydrogens is 278 g/mol. The van der Waals surface area contributed by atoms with Crippen molar-refractivity contribution >= 4 is 17.5 Å². The Morgan fingerprint density at radius 1 is 1.45 bits per heavy atom. The maximum absolute atomic E-state index is 12.0. The number of phenolic OH excluding ortho intramolecular Hbond substituents is 1. The lowest BCUT2D eigenvalue weighted by Crippen LogP contribution is -2.45. The molecule has 0 spiro atoms. The zero-order valence-electron chi connectivity index (χ0n) is 11.5. The molecule has 110 valence electrons. The summed E-state index contributed by atoms with van der Waals surface area (Å²) in [4.78, 5) is 12.0. The lowest BCUT2D eigenvalue weighted by molar-refractivity contribution is -0.00540. The average Bonchev–Trinajstić information content (AvgIpc) is 2.43. The molecule has 1 aliphatic carbocycles. The van der Waals surface area contributed by atoms with Crippen molar-refractivity contribution in [3.8, 4) is 5.75 Å². The summed E-state index contributed by atoms with van der Waals surface area (Å²) in [5, 5.41) is 22.6. The summed E-state index contributed by atoms with van der Waals surface area (Å²) in [5.41, 5.74) is -0.427. The van der Waals surface area contributed by atoms with Crippen molar-refractivity contribution < 1.29 is 15.0 Å². The number of amides is 1. The highest BCUT2D eigenvalue weighted by atomic mass is 35.5. The monoisotopic (exact) mass is 297 g/mol. The molecule has 1 aliphatic rings. The molecule has 0 aliphatic heterocycles. The lowest BCUT2D eigenvalue weighted by atomic mass is 9.79. The molecule has 5 heteroatoms. The van der Waals surface area contributed by atoms with Crippen LogP contribution in [0, 0.1) is 5.92 Å². The second kappa shape index (κ2) is 6.02. The predicted octanol–water partition coefficient (Wildman–Crippen LogP) is 2.72. The third kappa shape index (κ3) is 3.64. The number of aromatic hydroxyl groups is 1. The molecule has 0 saturated heterocycles. The molecule has 1 fully saturated rings. The summed E-state index contributed by atoms with van der Waals surface area (Å²) < 4.78 is 0. The third-order valence-corrected chi connectivity index (χ3v) is 4.30. The molecule has 1 aromatic carbocycles. The highest BCUT2D eigenvalue weighted by Crippen LogP contribution is 2.31. The van der Waals surface area contributed by atoms with Crippen LogP contribution in [0.3, 0.4) is 0 Å². The van der Waals surface area contributed by atoms with Crippen molar-refractivity contribution in [3.63, 3.8) is 0 Å². The Balaban J connectivity index is 1.93. The molecule has 0 aromatic heterocycles. The SMILES string of the molecule is CC1CCC(O)(CNC(=O)c2ccc(O)c(Cl)c2)CC1. The van der Waals surface area contributed by atoms with Crippen LogP contribution in [0.2, 0.25) is 5.02 Å². The van der Waals surface area contributed by atoms with Gasteiger partial charge in [-0.15, -0.1) is 0 Å². The van der Waals surface area contributed by atoms with E-state index in [0.717, 1.165) is 12.8 Å². The van der Waals surface area contributed by atoms with Crippen LogP contribution in [0.1, 0.15) is 43.0 Å². The summed E-state index contributed by atoms with van der Waals surface area (Å²) in [7, 11) is 0. The second-order valence-corrected chi connectivity index (χ2v) is 6.16. The third-order valence-electron chi connectivity index (χ3n) is 3.99. The summed E-state index contributed by atoms with van der Waals surface area (Å²) >= 11 is 5.77. The quantitative estimate of drug-likeness (QED) is 0.803. The Morgan fingerprint density at radius 2 is 2.10 bits per heavy atom. The molecule has 3 N–H and O–H groups in total. The summed E-state index contributed by atoms with van der Waals surface area (Å²) in [6, 6.07) is 4.30. The normalized spacial score (nSPS) is 26.2. The Morgan fingerprint density at radius 3 is 2.70 bits per heavy atom. The van der Waals surface area contributed by atoms with E-state index in [2.05, 4.69) is 12.2 Å². The van der Waals surface area contributed by atoms with Crippen molar-refractivity contribution in [2.75, 3.05) is 6.54 Å². The van der Waals surface area contributed by atoms with Crippen molar-refractivity contribution in [2.45, 2.75) is 38.2 Å². The number of hydrogen-bond acceptors (Lipinski definition) is 3. The molecule has 4 nitrogen and oxygen atoms in total. The zero-order chi connectivity index (χ0) is 14.8. The highest BCUT2D eigenvalue weighted by Gasteiger charge is 2.32. The maximum Gasteiger partial charge on any atom is 0.251 e. The molecular formula is C15H20ClNO3. The van der Waals surface area contributed by atoms with E-state index >= 15 is 0 Å². The Bertz CT molecular complexity index is 496. The molecule has 1 amide bonds. The molecule has 2 rings (SSSR count). The van der Waals surface area contributed by atoms with E-state index in [4.69, 9.17) is 11.6 Å². The van der Waals surface area contributed by atoms with Crippen LogP contribution in [-0.4, -0.2) is 28.3 Å². The van der Waals surface area contributed by atoms with E-state index in [1.54, 1.807) is 0 Å². The number of benzene rings is 1. The van der Waals surface area contributed by atoms with Gasteiger partial charge in [-0.25, -0.2) is 0 Å². The number of nitrogens with one attached hydrogen (secondary N) is 1. The average molecular weight is 298 g/mol. The molecule has 0 bridgehead atoms. The van der Waals surface area contributed by atoms with Gasteiger partial charge in [-0.3, -0.25) is 4.79 Å². The Hall–Kier alpha value is -1.26. The first-order valence-corrected chi connectivity index (χ1v) is 7.26. The summed E-state index contributed by atoms with van der Waals surface area (Å²) in [5.74, 6) is 0.295. The first kappa shape index (κ1) is 15.1. The van der Waals surface area contributed by atoms with Crippen molar-refractivity contribution in [1.29, 1.82) is 0 Å². The van der Waals surface area contributed by atoms with Crippen LogP contribution in [0.4, 0.5) is 0 Å². The lowest BCUT2D eigenvalue weighted by Gasteiger charge is -2.34. The van der Waals surface area contributed by atoms with Crippen LogP contribution in [0.15, 0.2) is 18.2 Å². The molecule has 20 heavy (non-hydrogen) atoms. The van der Waals surface area contributed by atoms with E-state index in [1.807, 2.05) is 0 Å². The number of carbonyl (C=O) groups is 1. The van der Waals surface area contributed by atoms with Crippen molar-refractivity contribution in [2.24, 2.45) is 5.92 Å². The fourth-order valence-electron chi connectivity index (χ4n) is 2.47. The van der Waals surface area contributed by atoms with Gasteiger partial charge in [0.05, 0.1) is 10.6 Å². The molecule has 1 saturated carbocycles. The van der Waals surface area contributed by atoms with E-state index in [1.165, 1.54) is 18.2 Å². The van der Waals surface area contributed by atoms with Crippen molar-refractivity contribution in [3.05, 3.63) is 28.8 Å². The number of halogens is 1. The Labute approximate surface area is 123 Å². The van der Waals surface area contributed by atoms with Gasteiger partial charge in [0, 0.05) is 12.1 Å². The van der Waals surface area contributed by atoms with E-state index < -0.39 is 5.60 Å². The van der Waals surface area contributed by atoms with Gasteiger partial charge in [-0.05, 0) is 49.8 Å². The topological polar surface area (TPSA) is 69.6 Å². The molecule has 0 unspecified atom stereocenters. The molecule has 0 atom stereocenters.